The normalized spacial score (nSPS) is 24.2. The number of nitrogens with one attached hydrogen (secondary N) is 1. The van der Waals surface area contributed by atoms with E-state index in [0.717, 1.165) is 36.9 Å². The average molecular weight is 350 g/mol. The van der Waals surface area contributed by atoms with Crippen LogP contribution in [0.1, 0.15) is 37.7 Å². The molecule has 1 heterocycles. The van der Waals surface area contributed by atoms with E-state index in [1.807, 2.05) is 31.2 Å². The molecular formula is C18H26N2O3S. The van der Waals surface area contributed by atoms with Crippen molar-refractivity contribution >= 4 is 21.6 Å². The molecule has 2 aliphatic rings. The van der Waals surface area contributed by atoms with Gasteiger partial charge in [-0.25, -0.2) is 12.7 Å². The van der Waals surface area contributed by atoms with Crippen molar-refractivity contribution in [2.45, 2.75) is 39.0 Å². The molecule has 1 saturated heterocycles. The molecule has 2 fully saturated rings. The van der Waals surface area contributed by atoms with Crippen LogP contribution in [-0.4, -0.2) is 38.0 Å². The van der Waals surface area contributed by atoms with Gasteiger partial charge in [-0.3, -0.25) is 4.79 Å². The molecule has 6 heteroatoms. The SMILES string of the molecule is Cc1cccc(NC(=O)C2CN(S(C)(=O)=O)CC23CCCCC3)c1. The number of nitrogens with zero attached hydrogens (tertiary/aromatic N) is 1. The second kappa shape index (κ2) is 6.48. The molecule has 0 aromatic heterocycles. The molecular weight excluding hydrogens is 324 g/mol. The monoisotopic (exact) mass is 350 g/mol. The first-order valence-electron chi connectivity index (χ1n) is 8.63. The van der Waals surface area contributed by atoms with Crippen molar-refractivity contribution < 1.29 is 13.2 Å². The Balaban J connectivity index is 1.84. The maximum Gasteiger partial charge on any atom is 0.229 e. The molecule has 1 saturated carbocycles. The molecule has 1 unspecified atom stereocenters. The summed E-state index contributed by atoms with van der Waals surface area (Å²) < 4.78 is 25.5. The van der Waals surface area contributed by atoms with Gasteiger partial charge in [0.25, 0.3) is 0 Å². The second-order valence-electron chi connectivity index (χ2n) is 7.39. The van der Waals surface area contributed by atoms with Crippen molar-refractivity contribution in [3.8, 4) is 0 Å². The second-order valence-corrected chi connectivity index (χ2v) is 9.37. The van der Waals surface area contributed by atoms with Gasteiger partial charge in [-0.2, -0.15) is 0 Å². The van der Waals surface area contributed by atoms with Crippen LogP contribution in [0.3, 0.4) is 0 Å². The molecule has 1 amide bonds. The predicted octanol–water partition coefficient (Wildman–Crippen LogP) is 2.78. The number of amides is 1. The Morgan fingerprint density at radius 1 is 1.25 bits per heavy atom. The van der Waals surface area contributed by atoms with Crippen LogP contribution in [0.4, 0.5) is 5.69 Å². The van der Waals surface area contributed by atoms with Crippen molar-refractivity contribution in [1.29, 1.82) is 0 Å². The van der Waals surface area contributed by atoms with Gasteiger partial charge in [-0.15, -0.1) is 0 Å². The van der Waals surface area contributed by atoms with Crippen molar-refractivity contribution in [1.82, 2.24) is 4.31 Å². The van der Waals surface area contributed by atoms with Gasteiger partial charge in [0.15, 0.2) is 0 Å². The highest BCUT2D eigenvalue weighted by molar-refractivity contribution is 7.88. The Morgan fingerprint density at radius 3 is 2.58 bits per heavy atom. The number of anilines is 1. The summed E-state index contributed by atoms with van der Waals surface area (Å²) in [6.07, 6.45) is 6.44. The minimum Gasteiger partial charge on any atom is -0.326 e. The van der Waals surface area contributed by atoms with Crippen LogP contribution in [0.25, 0.3) is 0 Å². The fourth-order valence-corrected chi connectivity index (χ4v) is 5.16. The molecule has 1 atom stereocenters. The summed E-state index contributed by atoms with van der Waals surface area (Å²) in [5.41, 5.74) is 1.67. The first-order valence-corrected chi connectivity index (χ1v) is 10.5. The molecule has 1 spiro atoms. The summed E-state index contributed by atoms with van der Waals surface area (Å²) in [6, 6.07) is 7.72. The van der Waals surface area contributed by atoms with Gasteiger partial charge >= 0.3 is 0 Å². The van der Waals surface area contributed by atoms with Crippen LogP contribution in [0, 0.1) is 18.3 Å². The minimum absolute atomic E-state index is 0.0475. The third kappa shape index (κ3) is 3.49. The number of aryl methyl sites for hydroxylation is 1. The number of rotatable bonds is 3. The highest BCUT2D eigenvalue weighted by Gasteiger charge is 2.52. The van der Waals surface area contributed by atoms with E-state index in [9.17, 15) is 13.2 Å². The standard InChI is InChI=1S/C18H26N2O3S/c1-14-7-6-8-15(11-14)19-17(21)16-12-20(24(2,22)23)13-18(16)9-4-3-5-10-18/h6-8,11,16H,3-5,9-10,12-13H2,1-2H3,(H,19,21). The maximum atomic E-state index is 12.9. The lowest BCUT2D eigenvalue weighted by Crippen LogP contribution is -2.39. The highest BCUT2D eigenvalue weighted by Crippen LogP contribution is 2.48. The van der Waals surface area contributed by atoms with Crippen molar-refractivity contribution in [2.24, 2.45) is 11.3 Å². The molecule has 3 rings (SSSR count). The van der Waals surface area contributed by atoms with Crippen LogP contribution in [-0.2, 0) is 14.8 Å². The zero-order valence-corrected chi connectivity index (χ0v) is 15.2. The summed E-state index contributed by atoms with van der Waals surface area (Å²) in [7, 11) is -3.27. The molecule has 0 bridgehead atoms. The molecule has 1 aromatic rings. The van der Waals surface area contributed by atoms with Gasteiger partial charge in [0, 0.05) is 18.8 Å². The quantitative estimate of drug-likeness (QED) is 0.911. The first-order chi connectivity index (χ1) is 11.3. The topological polar surface area (TPSA) is 66.5 Å². The predicted molar refractivity (Wildman–Crippen MR) is 95.2 cm³/mol. The van der Waals surface area contributed by atoms with E-state index in [4.69, 9.17) is 0 Å². The molecule has 1 N–H and O–H groups in total. The number of sulfonamides is 1. The van der Waals surface area contributed by atoms with Gasteiger partial charge in [0.2, 0.25) is 15.9 Å². The van der Waals surface area contributed by atoms with Gasteiger partial charge in [0.05, 0.1) is 12.2 Å². The smallest absolute Gasteiger partial charge is 0.229 e. The van der Waals surface area contributed by atoms with Crippen LogP contribution in [0.2, 0.25) is 0 Å². The lowest BCUT2D eigenvalue weighted by atomic mass is 9.67. The van der Waals surface area contributed by atoms with Crippen LogP contribution in [0.5, 0.6) is 0 Å². The van der Waals surface area contributed by atoms with Crippen LogP contribution < -0.4 is 5.32 Å². The van der Waals surface area contributed by atoms with E-state index in [1.54, 1.807) is 0 Å². The molecule has 5 nitrogen and oxygen atoms in total. The van der Waals surface area contributed by atoms with E-state index < -0.39 is 10.0 Å². The van der Waals surface area contributed by atoms with E-state index in [1.165, 1.54) is 17.0 Å². The van der Waals surface area contributed by atoms with Gasteiger partial charge < -0.3 is 5.32 Å². The van der Waals surface area contributed by atoms with Crippen LogP contribution >= 0.6 is 0 Å². The Kier molecular flexibility index (Phi) is 4.71. The number of carbonyl (C=O) groups is 1. The lowest BCUT2D eigenvalue weighted by molar-refractivity contribution is -0.123. The zero-order chi connectivity index (χ0) is 17.4. The van der Waals surface area contributed by atoms with E-state index in [0.29, 0.717) is 13.1 Å². The summed E-state index contributed by atoms with van der Waals surface area (Å²) in [6.45, 7) is 2.77. The lowest BCUT2D eigenvalue weighted by Gasteiger charge is -2.37. The third-order valence-corrected chi connectivity index (χ3v) is 6.75. The molecule has 0 radical (unpaired) electrons. The number of benzene rings is 1. The Hall–Kier alpha value is -1.40. The number of hydrogen-bond acceptors (Lipinski definition) is 3. The van der Waals surface area contributed by atoms with Crippen molar-refractivity contribution in [3.63, 3.8) is 0 Å². The highest BCUT2D eigenvalue weighted by atomic mass is 32.2. The van der Waals surface area contributed by atoms with Crippen LogP contribution in [0.15, 0.2) is 24.3 Å². The zero-order valence-electron chi connectivity index (χ0n) is 14.4. The molecule has 1 aromatic carbocycles. The summed E-state index contributed by atoms with van der Waals surface area (Å²) in [4.78, 5) is 12.9. The van der Waals surface area contributed by atoms with Crippen molar-refractivity contribution in [2.75, 3.05) is 24.7 Å². The number of hydrogen-bond donors (Lipinski definition) is 1. The summed E-state index contributed by atoms with van der Waals surface area (Å²) in [5, 5.41) is 3.01. The Bertz CT molecular complexity index is 724. The summed E-state index contributed by atoms with van der Waals surface area (Å²) in [5.74, 6) is -0.318. The maximum absolute atomic E-state index is 12.9. The van der Waals surface area contributed by atoms with E-state index >= 15 is 0 Å². The van der Waals surface area contributed by atoms with E-state index in [2.05, 4.69) is 5.32 Å². The first kappa shape index (κ1) is 17.4. The fourth-order valence-electron chi connectivity index (χ4n) is 4.25. The minimum atomic E-state index is -3.27. The van der Waals surface area contributed by atoms with Gasteiger partial charge in [-0.05, 0) is 42.9 Å². The van der Waals surface area contributed by atoms with Gasteiger partial charge in [-0.1, -0.05) is 31.4 Å². The number of carbonyl (C=O) groups excluding carboxylic acids is 1. The Labute approximate surface area is 144 Å². The van der Waals surface area contributed by atoms with E-state index in [-0.39, 0.29) is 17.2 Å². The molecule has 132 valence electrons. The molecule has 24 heavy (non-hydrogen) atoms. The van der Waals surface area contributed by atoms with Gasteiger partial charge in [0.1, 0.15) is 0 Å². The van der Waals surface area contributed by atoms with Crippen molar-refractivity contribution in [3.05, 3.63) is 29.8 Å². The molecule has 1 aliphatic heterocycles. The largest absolute Gasteiger partial charge is 0.326 e. The Morgan fingerprint density at radius 2 is 1.96 bits per heavy atom. The third-order valence-electron chi connectivity index (χ3n) is 5.54. The average Bonchev–Trinajstić information content (AvgIpc) is 2.87. The summed E-state index contributed by atoms with van der Waals surface area (Å²) >= 11 is 0. The fraction of sp³-hybridized carbons (Fsp3) is 0.611. The molecule has 1 aliphatic carbocycles.